The summed E-state index contributed by atoms with van der Waals surface area (Å²) in [6.07, 6.45) is 0. The molecule has 1 aromatic rings. The summed E-state index contributed by atoms with van der Waals surface area (Å²) in [6.45, 7) is 3.30. The van der Waals surface area contributed by atoms with Gasteiger partial charge in [0.2, 0.25) is 0 Å². The molecule has 0 aliphatic heterocycles. The Bertz CT molecular complexity index is 682. The summed E-state index contributed by atoms with van der Waals surface area (Å²) in [5.41, 5.74) is 8.01. The van der Waals surface area contributed by atoms with Crippen molar-refractivity contribution >= 4 is 51.9 Å². The minimum Gasteiger partial charge on any atom is -0.364 e. The number of hydrazone groups is 2. The Morgan fingerprint density at radius 3 is 1.79 bits per heavy atom. The first-order chi connectivity index (χ1) is 11.4. The predicted molar refractivity (Wildman–Crippen MR) is 106 cm³/mol. The summed E-state index contributed by atoms with van der Waals surface area (Å²) in [4.78, 5) is 11.4. The van der Waals surface area contributed by atoms with Crippen LogP contribution in [0.1, 0.15) is 29.8 Å². The second-order valence-corrected chi connectivity index (χ2v) is 5.49. The number of hydrogen-bond donors (Lipinski definition) is 4. The molecule has 0 aromatic heterocycles. The molecule has 7 nitrogen and oxygen atoms in total. The molecule has 9 heteroatoms. The summed E-state index contributed by atoms with van der Waals surface area (Å²) in [5, 5.41) is 14.8. The zero-order valence-electron chi connectivity index (χ0n) is 13.9. The zero-order valence-corrected chi connectivity index (χ0v) is 15.6. The van der Waals surface area contributed by atoms with Crippen LogP contribution in [0.5, 0.6) is 0 Å². The Morgan fingerprint density at radius 1 is 0.875 bits per heavy atom. The fourth-order valence-corrected chi connectivity index (χ4v) is 1.71. The number of ketones is 1. The lowest BCUT2D eigenvalue weighted by Crippen LogP contribution is -2.32. The first-order valence-electron chi connectivity index (χ1n) is 7.08. The monoisotopic (exact) mass is 364 g/mol. The number of Topliss-reactive ketones (excluding diaryl/α,β-unsaturated/α-hetero) is 1. The first kappa shape index (κ1) is 19.7. The lowest BCUT2D eigenvalue weighted by atomic mass is 10.0. The number of nitrogens with zero attached hydrogens (tertiary/aromatic N) is 2. The summed E-state index contributed by atoms with van der Waals surface area (Å²) in [7, 11) is 3.39. The maximum atomic E-state index is 11.4. The van der Waals surface area contributed by atoms with Gasteiger partial charge in [0.15, 0.2) is 16.0 Å². The third-order valence-corrected chi connectivity index (χ3v) is 3.55. The largest absolute Gasteiger partial charge is 0.364 e. The van der Waals surface area contributed by atoms with E-state index >= 15 is 0 Å². The van der Waals surface area contributed by atoms with Crippen molar-refractivity contribution in [3.63, 3.8) is 0 Å². The van der Waals surface area contributed by atoms with Gasteiger partial charge >= 0.3 is 0 Å². The molecular weight excluding hydrogens is 344 g/mol. The number of thiocarbonyl (C=S) groups is 2. The van der Waals surface area contributed by atoms with Crippen LogP contribution in [0, 0.1) is 0 Å². The highest BCUT2D eigenvalue weighted by atomic mass is 32.1. The van der Waals surface area contributed by atoms with Crippen molar-refractivity contribution in [2.75, 3.05) is 14.1 Å². The molecule has 0 amide bonds. The molecule has 0 spiro atoms. The van der Waals surface area contributed by atoms with Gasteiger partial charge in [0.05, 0.1) is 5.71 Å². The van der Waals surface area contributed by atoms with Crippen LogP contribution in [0.2, 0.25) is 0 Å². The number of nitrogens with one attached hydrogen (secondary N) is 4. The topological polar surface area (TPSA) is 89.9 Å². The van der Waals surface area contributed by atoms with Crippen LogP contribution in [0.4, 0.5) is 0 Å². The number of carbonyl (C=O) groups is 1. The van der Waals surface area contributed by atoms with Crippen LogP contribution in [-0.2, 0) is 0 Å². The van der Waals surface area contributed by atoms with E-state index in [1.165, 1.54) is 6.92 Å². The van der Waals surface area contributed by atoms with E-state index in [0.29, 0.717) is 27.2 Å². The van der Waals surface area contributed by atoms with E-state index in [0.717, 1.165) is 5.56 Å². The molecule has 0 saturated heterocycles. The van der Waals surface area contributed by atoms with Gasteiger partial charge in [0, 0.05) is 25.2 Å². The molecule has 0 aliphatic rings. The molecule has 24 heavy (non-hydrogen) atoms. The fourth-order valence-electron chi connectivity index (χ4n) is 1.62. The van der Waals surface area contributed by atoms with Gasteiger partial charge < -0.3 is 10.6 Å². The predicted octanol–water partition coefficient (Wildman–Crippen LogP) is 1.16. The van der Waals surface area contributed by atoms with Gasteiger partial charge in [0.25, 0.3) is 0 Å². The van der Waals surface area contributed by atoms with E-state index in [2.05, 4.69) is 31.7 Å². The van der Waals surface area contributed by atoms with Crippen molar-refractivity contribution in [1.29, 1.82) is 0 Å². The minimum absolute atomic E-state index is 0.000879. The van der Waals surface area contributed by atoms with Crippen molar-refractivity contribution in [3.05, 3.63) is 35.4 Å². The molecule has 0 fully saturated rings. The number of hydrogen-bond acceptors (Lipinski definition) is 5. The molecule has 0 atom stereocenters. The van der Waals surface area contributed by atoms with E-state index in [9.17, 15) is 4.79 Å². The average molecular weight is 365 g/mol. The van der Waals surface area contributed by atoms with Gasteiger partial charge in [-0.25, -0.2) is 0 Å². The van der Waals surface area contributed by atoms with Crippen molar-refractivity contribution < 1.29 is 4.79 Å². The number of carbonyl (C=O) groups excluding carboxylic acids is 1. The minimum atomic E-state index is 0.000879. The van der Waals surface area contributed by atoms with Gasteiger partial charge in [-0.05, 0) is 38.3 Å². The summed E-state index contributed by atoms with van der Waals surface area (Å²) >= 11 is 10.0. The highest BCUT2D eigenvalue weighted by Gasteiger charge is 2.10. The molecule has 0 radical (unpaired) electrons. The van der Waals surface area contributed by atoms with E-state index in [4.69, 9.17) is 24.4 Å². The Hall–Kier alpha value is -2.39. The van der Waals surface area contributed by atoms with Crippen LogP contribution in [0.3, 0.4) is 0 Å². The van der Waals surface area contributed by atoms with Crippen molar-refractivity contribution in [1.82, 2.24) is 21.5 Å². The molecule has 0 heterocycles. The lowest BCUT2D eigenvalue weighted by Gasteiger charge is -2.10. The SMILES string of the molecule is CNC(=S)NN=C(C)C(=NNC(=S)NC)c1ccc(C(C)=O)cc1. The van der Waals surface area contributed by atoms with E-state index in [1.807, 2.05) is 0 Å². The van der Waals surface area contributed by atoms with Crippen LogP contribution in [0.25, 0.3) is 0 Å². The van der Waals surface area contributed by atoms with Crippen molar-refractivity contribution in [3.8, 4) is 0 Å². The van der Waals surface area contributed by atoms with Crippen molar-refractivity contribution in [2.24, 2.45) is 10.2 Å². The molecular formula is C15H20N6OS2. The third kappa shape index (κ3) is 6.01. The summed E-state index contributed by atoms with van der Waals surface area (Å²) < 4.78 is 0. The summed E-state index contributed by atoms with van der Waals surface area (Å²) in [6, 6.07) is 7.08. The van der Waals surface area contributed by atoms with Crippen LogP contribution < -0.4 is 21.5 Å². The van der Waals surface area contributed by atoms with Gasteiger partial charge in [-0.2, -0.15) is 10.2 Å². The first-order valence-corrected chi connectivity index (χ1v) is 7.89. The number of benzene rings is 1. The molecule has 1 aromatic carbocycles. The molecule has 4 N–H and O–H groups in total. The highest BCUT2D eigenvalue weighted by molar-refractivity contribution is 7.80. The van der Waals surface area contributed by atoms with Crippen molar-refractivity contribution in [2.45, 2.75) is 13.8 Å². The van der Waals surface area contributed by atoms with Crippen LogP contribution in [-0.4, -0.2) is 41.5 Å². The zero-order chi connectivity index (χ0) is 18.1. The lowest BCUT2D eigenvalue weighted by molar-refractivity contribution is 0.101. The van der Waals surface area contributed by atoms with E-state index in [1.54, 1.807) is 45.3 Å². The fraction of sp³-hybridized carbons (Fsp3) is 0.267. The highest BCUT2D eigenvalue weighted by Crippen LogP contribution is 2.08. The second kappa shape index (κ2) is 9.68. The Balaban J connectivity index is 3.15. The Kier molecular flexibility index (Phi) is 7.93. The van der Waals surface area contributed by atoms with E-state index < -0.39 is 0 Å². The van der Waals surface area contributed by atoms with Gasteiger partial charge in [0.1, 0.15) is 5.71 Å². The molecule has 0 saturated carbocycles. The molecule has 0 unspecified atom stereocenters. The van der Waals surface area contributed by atoms with E-state index in [-0.39, 0.29) is 5.78 Å². The maximum Gasteiger partial charge on any atom is 0.186 e. The van der Waals surface area contributed by atoms with Gasteiger partial charge in [-0.1, -0.05) is 24.3 Å². The second-order valence-electron chi connectivity index (χ2n) is 4.67. The maximum absolute atomic E-state index is 11.4. The van der Waals surface area contributed by atoms with Gasteiger partial charge in [-0.15, -0.1) is 0 Å². The Morgan fingerprint density at radius 2 is 1.33 bits per heavy atom. The Labute approximate surface area is 152 Å². The molecule has 0 aliphatic carbocycles. The number of rotatable bonds is 5. The molecule has 1 rings (SSSR count). The average Bonchev–Trinajstić information content (AvgIpc) is 2.59. The molecule has 128 valence electrons. The normalized spacial score (nSPS) is 11.5. The van der Waals surface area contributed by atoms with Gasteiger partial charge in [-0.3, -0.25) is 15.6 Å². The summed E-state index contributed by atoms with van der Waals surface area (Å²) in [5.74, 6) is 0.000879. The van der Waals surface area contributed by atoms with Crippen LogP contribution >= 0.6 is 24.4 Å². The third-order valence-electron chi connectivity index (χ3n) is 2.96. The smallest absolute Gasteiger partial charge is 0.186 e. The quantitative estimate of drug-likeness (QED) is 0.270. The molecule has 0 bridgehead atoms. The van der Waals surface area contributed by atoms with Crippen LogP contribution in [0.15, 0.2) is 34.5 Å². The standard InChI is InChI=1S/C15H20N6OS2/c1-9(18-20-14(23)16-3)13(19-21-15(24)17-4)12-7-5-11(6-8-12)10(2)22/h5-8H,1-4H3,(H2,16,20,23)(H2,17,21,24).